The summed E-state index contributed by atoms with van der Waals surface area (Å²) in [6.45, 7) is 4.15. The third-order valence-corrected chi connectivity index (χ3v) is 3.38. The van der Waals surface area contributed by atoms with E-state index in [1.165, 1.54) is 9.75 Å². The van der Waals surface area contributed by atoms with Gasteiger partial charge in [0.2, 0.25) is 0 Å². The van der Waals surface area contributed by atoms with Crippen LogP contribution in [0.3, 0.4) is 0 Å². The Bertz CT molecular complexity index is 304. The van der Waals surface area contributed by atoms with Crippen molar-refractivity contribution < 1.29 is 9.90 Å². The summed E-state index contributed by atoms with van der Waals surface area (Å²) in [5.74, 6) is -0.495. The number of carboxylic acid groups (broad SMARTS) is 1. The highest BCUT2D eigenvalue weighted by atomic mass is 32.1. The van der Waals surface area contributed by atoms with E-state index in [9.17, 15) is 4.79 Å². The summed E-state index contributed by atoms with van der Waals surface area (Å²) in [7, 11) is 0. The van der Waals surface area contributed by atoms with Gasteiger partial charge >= 0.3 is 5.97 Å². The lowest BCUT2D eigenvalue weighted by Crippen LogP contribution is -2.04. The number of aryl methyl sites for hydroxylation is 1. The smallest absolute Gasteiger partial charge is 0.303 e. The van der Waals surface area contributed by atoms with Crippen LogP contribution >= 0.6 is 11.3 Å². The van der Waals surface area contributed by atoms with Gasteiger partial charge in [-0.05, 0) is 25.5 Å². The molecule has 1 unspecified atom stereocenters. The van der Waals surface area contributed by atoms with Crippen LogP contribution < -0.4 is 0 Å². The molecule has 1 N–H and O–H groups in total. The van der Waals surface area contributed by atoms with Crippen molar-refractivity contribution in [2.75, 3.05) is 0 Å². The first-order valence-electron chi connectivity index (χ1n) is 4.91. The van der Waals surface area contributed by atoms with E-state index in [4.69, 9.17) is 5.11 Å². The third-order valence-electron chi connectivity index (χ3n) is 2.22. The third kappa shape index (κ3) is 3.14. The van der Waals surface area contributed by atoms with Gasteiger partial charge in [0, 0.05) is 15.7 Å². The Hall–Kier alpha value is -0.830. The van der Waals surface area contributed by atoms with E-state index in [1.54, 1.807) is 11.3 Å². The number of thiophene rings is 1. The number of hydrogen-bond acceptors (Lipinski definition) is 2. The van der Waals surface area contributed by atoms with E-state index in [0.717, 1.165) is 12.8 Å². The maximum atomic E-state index is 10.7. The fourth-order valence-corrected chi connectivity index (χ4v) is 2.59. The van der Waals surface area contributed by atoms with Crippen molar-refractivity contribution in [3.8, 4) is 0 Å². The molecule has 0 fully saturated rings. The van der Waals surface area contributed by atoms with Crippen molar-refractivity contribution in [1.29, 1.82) is 0 Å². The monoisotopic (exact) mass is 212 g/mol. The van der Waals surface area contributed by atoms with Crippen molar-refractivity contribution in [3.05, 3.63) is 21.9 Å². The first kappa shape index (κ1) is 11.2. The number of carboxylic acids is 1. The van der Waals surface area contributed by atoms with Gasteiger partial charge in [-0.15, -0.1) is 11.3 Å². The number of carbonyl (C=O) groups is 1. The van der Waals surface area contributed by atoms with Gasteiger partial charge in [0.1, 0.15) is 0 Å². The Morgan fingerprint density at radius 3 is 2.71 bits per heavy atom. The van der Waals surface area contributed by atoms with Crippen LogP contribution in [0.15, 0.2) is 12.1 Å². The second-order valence-corrected chi connectivity index (χ2v) is 4.85. The Morgan fingerprint density at radius 1 is 1.57 bits per heavy atom. The minimum absolute atomic E-state index is 0.205. The van der Waals surface area contributed by atoms with Crippen molar-refractivity contribution >= 4 is 17.3 Å². The van der Waals surface area contributed by atoms with Gasteiger partial charge in [0.05, 0.1) is 6.42 Å². The summed E-state index contributed by atoms with van der Waals surface area (Å²) < 4.78 is 0. The lowest BCUT2D eigenvalue weighted by molar-refractivity contribution is -0.137. The summed E-state index contributed by atoms with van der Waals surface area (Å²) in [4.78, 5) is 13.1. The van der Waals surface area contributed by atoms with Crippen LogP contribution in [0.5, 0.6) is 0 Å². The van der Waals surface area contributed by atoms with Gasteiger partial charge in [-0.3, -0.25) is 4.79 Å². The number of aliphatic carboxylic acids is 1. The standard InChI is InChI=1S/C11H16O2S/c1-3-4-9(7-11(12)13)10-6-5-8(2)14-10/h5-6,9H,3-4,7H2,1-2H3,(H,12,13). The van der Waals surface area contributed by atoms with Crippen molar-refractivity contribution in [3.63, 3.8) is 0 Å². The van der Waals surface area contributed by atoms with Crippen LogP contribution in [0.4, 0.5) is 0 Å². The zero-order chi connectivity index (χ0) is 10.6. The van der Waals surface area contributed by atoms with E-state index in [0.29, 0.717) is 0 Å². The van der Waals surface area contributed by atoms with E-state index in [-0.39, 0.29) is 12.3 Å². The van der Waals surface area contributed by atoms with Crippen LogP contribution in [-0.4, -0.2) is 11.1 Å². The largest absolute Gasteiger partial charge is 0.481 e. The molecule has 1 rings (SSSR count). The first-order valence-corrected chi connectivity index (χ1v) is 5.73. The predicted molar refractivity (Wildman–Crippen MR) is 59.0 cm³/mol. The van der Waals surface area contributed by atoms with Crippen LogP contribution in [0.25, 0.3) is 0 Å². The molecule has 0 aliphatic heterocycles. The fraction of sp³-hybridized carbons (Fsp3) is 0.545. The Morgan fingerprint density at radius 2 is 2.29 bits per heavy atom. The van der Waals surface area contributed by atoms with Crippen molar-refractivity contribution in [2.24, 2.45) is 0 Å². The molecule has 2 nitrogen and oxygen atoms in total. The highest BCUT2D eigenvalue weighted by Crippen LogP contribution is 2.30. The van der Waals surface area contributed by atoms with E-state index in [1.807, 2.05) is 0 Å². The van der Waals surface area contributed by atoms with Crippen LogP contribution in [0.1, 0.15) is 41.9 Å². The lowest BCUT2D eigenvalue weighted by atomic mass is 9.98. The molecule has 1 aromatic rings. The molecule has 0 aliphatic carbocycles. The first-order chi connectivity index (χ1) is 6.63. The molecule has 78 valence electrons. The van der Waals surface area contributed by atoms with E-state index in [2.05, 4.69) is 26.0 Å². The molecule has 0 bridgehead atoms. The Balaban J connectivity index is 2.71. The highest BCUT2D eigenvalue weighted by molar-refractivity contribution is 7.12. The molecular formula is C11H16O2S. The van der Waals surface area contributed by atoms with E-state index < -0.39 is 5.97 Å². The van der Waals surface area contributed by atoms with E-state index >= 15 is 0 Å². The molecule has 3 heteroatoms. The summed E-state index contributed by atoms with van der Waals surface area (Å²) in [5.41, 5.74) is 0. The summed E-state index contributed by atoms with van der Waals surface area (Å²) in [6.07, 6.45) is 2.26. The molecule has 1 heterocycles. The molecule has 1 aromatic heterocycles. The molecule has 1 atom stereocenters. The molecule has 0 radical (unpaired) electrons. The second kappa shape index (κ2) is 5.15. The van der Waals surface area contributed by atoms with Gasteiger partial charge in [-0.1, -0.05) is 13.3 Å². The average molecular weight is 212 g/mol. The molecule has 14 heavy (non-hydrogen) atoms. The number of rotatable bonds is 5. The van der Waals surface area contributed by atoms with Gasteiger partial charge in [0.15, 0.2) is 0 Å². The quantitative estimate of drug-likeness (QED) is 0.812. The van der Waals surface area contributed by atoms with Gasteiger partial charge in [0.25, 0.3) is 0 Å². The zero-order valence-corrected chi connectivity index (χ0v) is 9.43. The molecule has 0 aromatic carbocycles. The summed E-state index contributed by atoms with van der Waals surface area (Å²) in [5, 5.41) is 8.78. The Kier molecular flexibility index (Phi) is 4.14. The molecule has 0 aliphatic rings. The molecule has 0 saturated carbocycles. The molecular weight excluding hydrogens is 196 g/mol. The topological polar surface area (TPSA) is 37.3 Å². The minimum atomic E-state index is -0.700. The number of hydrogen-bond donors (Lipinski definition) is 1. The molecule has 0 amide bonds. The van der Waals surface area contributed by atoms with Crippen LogP contribution in [-0.2, 0) is 4.79 Å². The van der Waals surface area contributed by atoms with Gasteiger partial charge < -0.3 is 5.11 Å². The average Bonchev–Trinajstić information content (AvgIpc) is 2.50. The van der Waals surface area contributed by atoms with Gasteiger partial charge in [-0.25, -0.2) is 0 Å². The van der Waals surface area contributed by atoms with Crippen molar-refractivity contribution in [2.45, 2.75) is 39.0 Å². The van der Waals surface area contributed by atoms with Crippen LogP contribution in [0, 0.1) is 6.92 Å². The maximum Gasteiger partial charge on any atom is 0.303 e. The molecule has 0 saturated heterocycles. The maximum absolute atomic E-state index is 10.7. The lowest BCUT2D eigenvalue weighted by Gasteiger charge is -2.10. The normalized spacial score (nSPS) is 12.7. The van der Waals surface area contributed by atoms with Crippen LogP contribution in [0.2, 0.25) is 0 Å². The summed E-state index contributed by atoms with van der Waals surface area (Å²) >= 11 is 1.71. The fourth-order valence-electron chi connectivity index (χ4n) is 1.58. The molecule has 0 spiro atoms. The SMILES string of the molecule is CCCC(CC(=O)O)c1ccc(C)s1. The Labute approximate surface area is 88.6 Å². The summed E-state index contributed by atoms with van der Waals surface area (Å²) in [6, 6.07) is 4.12. The predicted octanol–water partition coefficient (Wildman–Crippen LogP) is 3.41. The highest BCUT2D eigenvalue weighted by Gasteiger charge is 2.15. The van der Waals surface area contributed by atoms with Gasteiger partial charge in [-0.2, -0.15) is 0 Å². The zero-order valence-electron chi connectivity index (χ0n) is 8.62. The van der Waals surface area contributed by atoms with Crippen molar-refractivity contribution in [1.82, 2.24) is 0 Å². The minimum Gasteiger partial charge on any atom is -0.481 e. The second-order valence-electron chi connectivity index (χ2n) is 3.53.